The summed E-state index contributed by atoms with van der Waals surface area (Å²) >= 11 is 1.45. The van der Waals surface area contributed by atoms with Crippen molar-refractivity contribution in [2.24, 2.45) is 5.41 Å². The first-order valence-corrected chi connectivity index (χ1v) is 7.00. The zero-order valence-corrected chi connectivity index (χ0v) is 11.6. The van der Waals surface area contributed by atoms with Gasteiger partial charge in [-0.1, -0.05) is 32.5 Å². The molecule has 0 bridgehead atoms. The normalized spacial score (nSPS) is 20.1. The highest BCUT2D eigenvalue weighted by molar-refractivity contribution is 7.98. The third-order valence-electron chi connectivity index (χ3n) is 3.20. The van der Waals surface area contributed by atoms with Gasteiger partial charge in [-0.15, -0.1) is 0 Å². The second-order valence-electron chi connectivity index (χ2n) is 5.44. The van der Waals surface area contributed by atoms with Crippen LogP contribution in [0.4, 0.5) is 0 Å². The number of aromatic nitrogens is 2. The summed E-state index contributed by atoms with van der Waals surface area (Å²) in [6.07, 6.45) is 1.92. The Hall–Kier alpha value is -0.810. The molecule has 0 radical (unpaired) electrons. The second-order valence-corrected chi connectivity index (χ2v) is 6.22. The number of nitrogens with one attached hydrogen (secondary N) is 1. The number of hydrogen-bond donors (Lipinski definition) is 2. The standard InChI is InChI=1S/C12H19N3OS/c1-12(2,3)7-5-13-6-8-9(7)10(16)15-11(14-8)17-4/h7,13H,5-6H2,1-4H3,(H,14,15,16). The van der Waals surface area contributed by atoms with Crippen molar-refractivity contribution >= 4 is 11.8 Å². The van der Waals surface area contributed by atoms with Crippen molar-refractivity contribution in [2.75, 3.05) is 12.8 Å². The van der Waals surface area contributed by atoms with Gasteiger partial charge in [0.2, 0.25) is 5.88 Å². The van der Waals surface area contributed by atoms with Crippen LogP contribution in [0.25, 0.3) is 0 Å². The number of nitrogens with zero attached hydrogens (tertiary/aromatic N) is 2. The van der Waals surface area contributed by atoms with E-state index in [9.17, 15) is 5.11 Å². The van der Waals surface area contributed by atoms with Crippen LogP contribution < -0.4 is 5.32 Å². The van der Waals surface area contributed by atoms with E-state index in [-0.39, 0.29) is 17.2 Å². The van der Waals surface area contributed by atoms with Crippen molar-refractivity contribution in [1.82, 2.24) is 15.3 Å². The van der Waals surface area contributed by atoms with Crippen LogP contribution in [0.5, 0.6) is 5.88 Å². The SMILES string of the molecule is CSc1nc(O)c2c(n1)CNCC2C(C)(C)C. The molecule has 2 heterocycles. The first kappa shape index (κ1) is 12.6. The van der Waals surface area contributed by atoms with E-state index >= 15 is 0 Å². The van der Waals surface area contributed by atoms with Gasteiger partial charge in [0.1, 0.15) is 0 Å². The molecule has 4 nitrogen and oxygen atoms in total. The second kappa shape index (κ2) is 4.46. The Morgan fingerprint density at radius 1 is 1.35 bits per heavy atom. The van der Waals surface area contributed by atoms with E-state index in [1.54, 1.807) is 0 Å². The van der Waals surface area contributed by atoms with Crippen LogP contribution in [0.1, 0.15) is 37.9 Å². The lowest BCUT2D eigenvalue weighted by molar-refractivity contribution is 0.281. The van der Waals surface area contributed by atoms with Crippen molar-refractivity contribution in [3.63, 3.8) is 0 Å². The van der Waals surface area contributed by atoms with Gasteiger partial charge in [-0.25, -0.2) is 4.98 Å². The van der Waals surface area contributed by atoms with Crippen molar-refractivity contribution in [2.45, 2.75) is 38.4 Å². The fourth-order valence-electron chi connectivity index (χ4n) is 2.24. The van der Waals surface area contributed by atoms with Gasteiger partial charge in [0.15, 0.2) is 5.16 Å². The van der Waals surface area contributed by atoms with E-state index in [1.165, 1.54) is 11.8 Å². The maximum absolute atomic E-state index is 10.1. The summed E-state index contributed by atoms with van der Waals surface area (Å²) in [5.74, 6) is 0.405. The first-order valence-electron chi connectivity index (χ1n) is 5.78. The number of fused-ring (bicyclic) bond motifs is 1. The Kier molecular flexibility index (Phi) is 3.32. The minimum absolute atomic E-state index is 0.0872. The molecule has 1 aromatic heterocycles. The van der Waals surface area contributed by atoms with E-state index in [4.69, 9.17) is 0 Å². The summed E-state index contributed by atoms with van der Waals surface area (Å²) in [5, 5.41) is 14.1. The topological polar surface area (TPSA) is 58.0 Å². The molecule has 1 aromatic rings. The lowest BCUT2D eigenvalue weighted by atomic mass is 9.75. The van der Waals surface area contributed by atoms with Gasteiger partial charge in [-0.3, -0.25) is 0 Å². The van der Waals surface area contributed by atoms with E-state index in [0.717, 1.165) is 17.8 Å². The molecule has 2 N–H and O–H groups in total. The molecule has 1 unspecified atom stereocenters. The van der Waals surface area contributed by atoms with Gasteiger partial charge in [0.25, 0.3) is 0 Å². The maximum atomic E-state index is 10.1. The molecule has 1 atom stereocenters. The van der Waals surface area contributed by atoms with Crippen LogP contribution in [-0.2, 0) is 6.54 Å². The van der Waals surface area contributed by atoms with E-state index in [0.29, 0.717) is 11.7 Å². The number of rotatable bonds is 1. The van der Waals surface area contributed by atoms with E-state index in [2.05, 4.69) is 36.1 Å². The lowest BCUT2D eigenvalue weighted by Crippen LogP contribution is -2.36. The summed E-state index contributed by atoms with van der Waals surface area (Å²) in [5.41, 5.74) is 1.95. The minimum atomic E-state index is 0.0872. The molecule has 0 fully saturated rings. The van der Waals surface area contributed by atoms with Crippen LogP contribution in [0.2, 0.25) is 0 Å². The highest BCUT2D eigenvalue weighted by Gasteiger charge is 2.34. The zero-order valence-electron chi connectivity index (χ0n) is 10.7. The molecule has 94 valence electrons. The zero-order chi connectivity index (χ0) is 12.6. The highest BCUT2D eigenvalue weighted by atomic mass is 32.2. The van der Waals surface area contributed by atoms with Gasteiger partial charge in [0.05, 0.1) is 5.69 Å². The predicted molar refractivity (Wildman–Crippen MR) is 69.4 cm³/mol. The molecule has 1 aliphatic rings. The smallest absolute Gasteiger partial charge is 0.218 e. The summed E-state index contributed by atoms with van der Waals surface area (Å²) in [7, 11) is 0. The molecule has 2 rings (SSSR count). The van der Waals surface area contributed by atoms with Crippen LogP contribution in [0, 0.1) is 5.41 Å². The van der Waals surface area contributed by atoms with Crippen molar-refractivity contribution in [1.29, 1.82) is 0 Å². The van der Waals surface area contributed by atoms with Crippen molar-refractivity contribution in [3.05, 3.63) is 11.3 Å². The van der Waals surface area contributed by atoms with E-state index < -0.39 is 0 Å². The van der Waals surface area contributed by atoms with Gasteiger partial charge in [-0.05, 0) is 11.7 Å². The van der Waals surface area contributed by atoms with Gasteiger partial charge in [-0.2, -0.15) is 4.98 Å². The minimum Gasteiger partial charge on any atom is -0.493 e. The highest BCUT2D eigenvalue weighted by Crippen LogP contribution is 2.41. The third-order valence-corrected chi connectivity index (χ3v) is 3.75. The Labute approximate surface area is 106 Å². The van der Waals surface area contributed by atoms with E-state index in [1.807, 2.05) is 6.26 Å². The lowest BCUT2D eigenvalue weighted by Gasteiger charge is -2.35. The van der Waals surface area contributed by atoms with Crippen LogP contribution >= 0.6 is 11.8 Å². The first-order chi connectivity index (χ1) is 7.93. The van der Waals surface area contributed by atoms with Crippen LogP contribution in [0.15, 0.2) is 5.16 Å². The molecule has 0 aromatic carbocycles. The van der Waals surface area contributed by atoms with Crippen LogP contribution in [0.3, 0.4) is 0 Å². The predicted octanol–water partition coefficient (Wildman–Crippen LogP) is 2.14. The number of hydrogen-bond acceptors (Lipinski definition) is 5. The molecular formula is C12H19N3OS. The Balaban J connectivity index is 2.51. The monoisotopic (exact) mass is 253 g/mol. The quantitative estimate of drug-likeness (QED) is 0.593. The molecule has 17 heavy (non-hydrogen) atoms. The van der Waals surface area contributed by atoms with Crippen molar-refractivity contribution in [3.8, 4) is 5.88 Å². The molecule has 0 spiro atoms. The average Bonchev–Trinajstić information content (AvgIpc) is 2.26. The fraction of sp³-hybridized carbons (Fsp3) is 0.667. The maximum Gasteiger partial charge on any atom is 0.218 e. The molecular weight excluding hydrogens is 234 g/mol. The molecule has 1 aliphatic heterocycles. The molecule has 0 aliphatic carbocycles. The van der Waals surface area contributed by atoms with Crippen molar-refractivity contribution < 1.29 is 5.11 Å². The fourth-order valence-corrected chi connectivity index (χ4v) is 2.62. The molecule has 0 saturated carbocycles. The molecule has 5 heteroatoms. The Bertz CT molecular complexity index is 428. The summed E-state index contributed by atoms with van der Waals surface area (Å²) in [6.45, 7) is 8.11. The largest absolute Gasteiger partial charge is 0.493 e. The van der Waals surface area contributed by atoms with Gasteiger partial charge < -0.3 is 10.4 Å². The number of aromatic hydroxyl groups is 1. The number of thioether (sulfide) groups is 1. The third kappa shape index (κ3) is 2.40. The summed E-state index contributed by atoms with van der Waals surface area (Å²) in [4.78, 5) is 8.63. The molecule has 0 saturated heterocycles. The summed E-state index contributed by atoms with van der Waals surface area (Å²) in [6, 6.07) is 0. The molecule has 0 amide bonds. The summed E-state index contributed by atoms with van der Waals surface area (Å²) < 4.78 is 0. The Morgan fingerprint density at radius 3 is 2.65 bits per heavy atom. The Morgan fingerprint density at radius 2 is 2.06 bits per heavy atom. The van der Waals surface area contributed by atoms with Crippen LogP contribution in [-0.4, -0.2) is 27.9 Å². The average molecular weight is 253 g/mol. The van der Waals surface area contributed by atoms with Gasteiger partial charge >= 0.3 is 0 Å². The van der Waals surface area contributed by atoms with Gasteiger partial charge in [0, 0.05) is 24.6 Å².